The minimum absolute atomic E-state index is 0.711. The zero-order valence-electron chi connectivity index (χ0n) is 6.42. The van der Waals surface area contributed by atoms with E-state index in [2.05, 4.69) is 6.92 Å². The maximum atomic E-state index is 5.64. The third-order valence-electron chi connectivity index (χ3n) is 3.72. The normalized spacial score (nSPS) is 63.9. The molecule has 10 heavy (non-hydrogen) atoms. The van der Waals surface area contributed by atoms with Crippen LogP contribution >= 0.6 is 0 Å². The number of ether oxygens (including phenoxy) is 1. The number of hydrogen-bond donors (Lipinski definition) is 0. The smallest absolute Gasteiger partial charge is 0.0875 e. The number of rotatable bonds is 0. The van der Waals surface area contributed by atoms with Gasteiger partial charge in [0.25, 0.3) is 0 Å². The molecule has 4 aliphatic rings. The molecule has 1 nitrogen and oxygen atoms in total. The Hall–Kier alpha value is -0.0400. The maximum Gasteiger partial charge on any atom is 0.0875 e. The Balaban J connectivity index is 1.92. The number of epoxide rings is 1. The molecule has 0 aromatic rings. The van der Waals surface area contributed by atoms with E-state index in [0.717, 1.165) is 23.9 Å². The Morgan fingerprint density at radius 2 is 2.10 bits per heavy atom. The van der Waals surface area contributed by atoms with E-state index in [1.54, 1.807) is 0 Å². The van der Waals surface area contributed by atoms with Crippen molar-refractivity contribution in [3.8, 4) is 0 Å². The fraction of sp³-hybridized carbons (Fsp3) is 1.00. The molecule has 2 bridgehead atoms. The molecule has 56 valence electrons. The van der Waals surface area contributed by atoms with E-state index in [4.69, 9.17) is 4.74 Å². The monoisotopic (exact) mass is 138 g/mol. The molecule has 0 radical (unpaired) electrons. The zero-order chi connectivity index (χ0) is 6.72. The molecule has 0 aromatic carbocycles. The van der Waals surface area contributed by atoms with E-state index in [1.165, 1.54) is 19.3 Å². The van der Waals surface area contributed by atoms with Crippen molar-refractivity contribution in [2.75, 3.05) is 0 Å². The first-order chi connectivity index (χ1) is 4.86. The predicted molar refractivity (Wildman–Crippen MR) is 38.7 cm³/mol. The SMILES string of the molecule is C[C@H]1C[C@H]2CC[C@@H]1[C@@H]1O[C@H]21. The van der Waals surface area contributed by atoms with Crippen LogP contribution in [-0.4, -0.2) is 12.2 Å². The summed E-state index contributed by atoms with van der Waals surface area (Å²) in [6, 6.07) is 0. The Morgan fingerprint density at radius 3 is 2.70 bits per heavy atom. The van der Waals surface area contributed by atoms with Crippen LogP contribution in [0.3, 0.4) is 0 Å². The highest BCUT2D eigenvalue weighted by Crippen LogP contribution is 2.55. The van der Waals surface area contributed by atoms with Crippen LogP contribution < -0.4 is 0 Å². The summed E-state index contributed by atoms with van der Waals surface area (Å²) in [5, 5.41) is 0. The molecule has 3 aliphatic carbocycles. The summed E-state index contributed by atoms with van der Waals surface area (Å²) in [4.78, 5) is 0. The van der Waals surface area contributed by atoms with Gasteiger partial charge < -0.3 is 4.74 Å². The van der Waals surface area contributed by atoms with E-state index < -0.39 is 0 Å². The van der Waals surface area contributed by atoms with Crippen LogP contribution in [-0.2, 0) is 4.74 Å². The molecule has 5 atom stereocenters. The summed E-state index contributed by atoms with van der Waals surface area (Å²) in [6.07, 6.45) is 5.78. The van der Waals surface area contributed by atoms with E-state index >= 15 is 0 Å². The van der Waals surface area contributed by atoms with Gasteiger partial charge in [-0.1, -0.05) is 6.92 Å². The number of fused-ring (bicyclic) bond motifs is 2. The van der Waals surface area contributed by atoms with Crippen LogP contribution in [0.2, 0.25) is 0 Å². The summed E-state index contributed by atoms with van der Waals surface area (Å²) < 4.78 is 5.64. The van der Waals surface area contributed by atoms with Crippen molar-refractivity contribution in [3.05, 3.63) is 0 Å². The highest BCUT2D eigenvalue weighted by molar-refractivity contribution is 5.05. The molecule has 4 fully saturated rings. The van der Waals surface area contributed by atoms with Crippen molar-refractivity contribution in [3.63, 3.8) is 0 Å². The molecule has 1 saturated heterocycles. The second kappa shape index (κ2) is 1.58. The molecule has 0 N–H and O–H groups in total. The van der Waals surface area contributed by atoms with Crippen LogP contribution in [0.1, 0.15) is 26.2 Å². The topological polar surface area (TPSA) is 12.5 Å². The van der Waals surface area contributed by atoms with E-state index in [9.17, 15) is 0 Å². The minimum Gasteiger partial charge on any atom is -0.369 e. The summed E-state index contributed by atoms with van der Waals surface area (Å²) in [7, 11) is 0. The Kier molecular flexibility index (Phi) is 0.883. The maximum absolute atomic E-state index is 5.64. The lowest BCUT2D eigenvalue weighted by molar-refractivity contribution is 0.146. The molecule has 3 saturated carbocycles. The molecule has 0 spiro atoms. The van der Waals surface area contributed by atoms with Crippen molar-refractivity contribution in [1.29, 1.82) is 0 Å². The van der Waals surface area contributed by atoms with Gasteiger partial charge in [0, 0.05) is 0 Å². The molecule has 0 aromatic heterocycles. The van der Waals surface area contributed by atoms with Crippen LogP contribution in [0.15, 0.2) is 0 Å². The average molecular weight is 138 g/mol. The van der Waals surface area contributed by atoms with Gasteiger partial charge in [0.2, 0.25) is 0 Å². The van der Waals surface area contributed by atoms with Crippen LogP contribution in [0.25, 0.3) is 0 Å². The summed E-state index contributed by atoms with van der Waals surface area (Å²) >= 11 is 0. The standard InChI is InChI=1S/C9H14O/c1-5-4-6-2-3-7(5)9-8(6)10-9/h5-9H,2-4H2,1H3/t5-,6+,7-,8+,9-/m0/s1. The molecule has 0 amide bonds. The van der Waals surface area contributed by atoms with Gasteiger partial charge >= 0.3 is 0 Å². The minimum atomic E-state index is 0.711. The largest absolute Gasteiger partial charge is 0.369 e. The first-order valence-electron chi connectivity index (χ1n) is 4.52. The summed E-state index contributed by atoms with van der Waals surface area (Å²) in [5.41, 5.74) is 0. The molecule has 4 rings (SSSR count). The molecule has 1 heterocycles. The third-order valence-corrected chi connectivity index (χ3v) is 3.72. The summed E-state index contributed by atoms with van der Waals surface area (Å²) in [5.74, 6) is 2.85. The van der Waals surface area contributed by atoms with Gasteiger partial charge in [0.1, 0.15) is 0 Å². The lowest BCUT2D eigenvalue weighted by Crippen LogP contribution is -2.36. The van der Waals surface area contributed by atoms with Crippen molar-refractivity contribution >= 4 is 0 Å². The Bertz CT molecular complexity index is 164. The second-order valence-electron chi connectivity index (χ2n) is 4.28. The first kappa shape index (κ1) is 5.59. The van der Waals surface area contributed by atoms with Crippen LogP contribution in [0.4, 0.5) is 0 Å². The van der Waals surface area contributed by atoms with Crippen LogP contribution in [0, 0.1) is 17.8 Å². The van der Waals surface area contributed by atoms with Gasteiger partial charge in [-0.15, -0.1) is 0 Å². The van der Waals surface area contributed by atoms with Gasteiger partial charge in [-0.3, -0.25) is 0 Å². The van der Waals surface area contributed by atoms with Gasteiger partial charge in [0.15, 0.2) is 0 Å². The zero-order valence-corrected chi connectivity index (χ0v) is 6.42. The highest BCUT2D eigenvalue weighted by atomic mass is 16.6. The fourth-order valence-corrected chi connectivity index (χ4v) is 3.11. The Morgan fingerprint density at radius 1 is 1.20 bits per heavy atom. The molecule has 1 aliphatic heterocycles. The van der Waals surface area contributed by atoms with Crippen molar-refractivity contribution < 1.29 is 4.74 Å². The van der Waals surface area contributed by atoms with E-state index in [-0.39, 0.29) is 0 Å². The molecular formula is C9H14O. The predicted octanol–water partition coefficient (Wildman–Crippen LogP) is 1.82. The lowest BCUT2D eigenvalue weighted by atomic mass is 9.65. The molecular weight excluding hydrogens is 124 g/mol. The number of hydrogen-bond acceptors (Lipinski definition) is 1. The quantitative estimate of drug-likeness (QED) is 0.465. The van der Waals surface area contributed by atoms with Crippen LogP contribution in [0.5, 0.6) is 0 Å². The van der Waals surface area contributed by atoms with Gasteiger partial charge in [-0.2, -0.15) is 0 Å². The van der Waals surface area contributed by atoms with Gasteiger partial charge in [-0.05, 0) is 37.0 Å². The van der Waals surface area contributed by atoms with E-state index in [1.807, 2.05) is 0 Å². The average Bonchev–Trinajstić information content (AvgIpc) is 2.66. The van der Waals surface area contributed by atoms with Crippen molar-refractivity contribution in [1.82, 2.24) is 0 Å². The fourth-order valence-electron chi connectivity index (χ4n) is 3.11. The summed E-state index contributed by atoms with van der Waals surface area (Å²) in [6.45, 7) is 2.40. The van der Waals surface area contributed by atoms with Crippen molar-refractivity contribution in [2.45, 2.75) is 38.4 Å². The first-order valence-corrected chi connectivity index (χ1v) is 4.52. The third kappa shape index (κ3) is 0.531. The van der Waals surface area contributed by atoms with Gasteiger partial charge in [-0.25, -0.2) is 0 Å². The second-order valence-corrected chi connectivity index (χ2v) is 4.28. The highest BCUT2D eigenvalue weighted by Gasteiger charge is 2.57. The molecule has 1 heteroatoms. The van der Waals surface area contributed by atoms with Gasteiger partial charge in [0.05, 0.1) is 12.2 Å². The van der Waals surface area contributed by atoms with E-state index in [0.29, 0.717) is 6.10 Å². The lowest BCUT2D eigenvalue weighted by Gasteiger charge is -2.37. The van der Waals surface area contributed by atoms with Crippen molar-refractivity contribution in [2.24, 2.45) is 17.8 Å². The Labute approximate surface area is 61.8 Å². The molecule has 0 unspecified atom stereocenters.